The third kappa shape index (κ3) is 2.33. The molecule has 0 bridgehead atoms. The van der Waals surface area contributed by atoms with Gasteiger partial charge in [-0.15, -0.1) is 0 Å². The number of rotatable bonds is 5. The van der Waals surface area contributed by atoms with E-state index in [-0.39, 0.29) is 16.7 Å². The number of nitrogens with one attached hydrogen (secondary N) is 2. The number of hydrogen-bond acceptors (Lipinski definition) is 2. The lowest BCUT2D eigenvalue weighted by atomic mass is 10.0. The highest BCUT2D eigenvalue weighted by Crippen LogP contribution is 2.62. The molecule has 0 unspecified atom stereocenters. The van der Waals surface area contributed by atoms with E-state index < -0.39 is 0 Å². The molecule has 88 valence electrons. The number of carbonyl (C=O) groups is 1. The molecule has 3 heteroatoms. The van der Waals surface area contributed by atoms with Crippen LogP contribution in [-0.2, 0) is 4.79 Å². The molecule has 15 heavy (non-hydrogen) atoms. The molecule has 0 atom stereocenters. The molecule has 0 spiro atoms. The predicted molar refractivity (Wildman–Crippen MR) is 62.7 cm³/mol. The summed E-state index contributed by atoms with van der Waals surface area (Å²) in [5, 5.41) is 6.17. The van der Waals surface area contributed by atoms with Gasteiger partial charge < -0.3 is 10.6 Å². The molecule has 3 nitrogen and oxygen atoms in total. The predicted octanol–water partition coefficient (Wildman–Crippen LogP) is 1.54. The van der Waals surface area contributed by atoms with Crippen LogP contribution in [0.2, 0.25) is 0 Å². The fourth-order valence-corrected chi connectivity index (χ4v) is 2.22. The van der Waals surface area contributed by atoms with Gasteiger partial charge in [-0.2, -0.15) is 0 Å². The van der Waals surface area contributed by atoms with Gasteiger partial charge in [0.2, 0.25) is 5.91 Å². The highest BCUT2D eigenvalue weighted by molar-refractivity contribution is 5.77. The normalized spacial score (nSPS) is 22.5. The highest BCUT2D eigenvalue weighted by atomic mass is 16.1. The van der Waals surface area contributed by atoms with Gasteiger partial charge in [0.1, 0.15) is 0 Å². The summed E-state index contributed by atoms with van der Waals surface area (Å²) < 4.78 is 0. The number of hydrogen-bond donors (Lipinski definition) is 2. The van der Waals surface area contributed by atoms with Crippen molar-refractivity contribution in [2.45, 2.75) is 46.6 Å². The summed E-state index contributed by atoms with van der Waals surface area (Å²) >= 11 is 0. The Balaban J connectivity index is 2.29. The van der Waals surface area contributed by atoms with Crippen molar-refractivity contribution in [3.63, 3.8) is 0 Å². The third-order valence-electron chi connectivity index (χ3n) is 4.16. The van der Waals surface area contributed by atoms with E-state index in [1.165, 1.54) is 0 Å². The quantitative estimate of drug-likeness (QED) is 0.679. The van der Waals surface area contributed by atoms with Crippen LogP contribution in [0.1, 0.15) is 40.5 Å². The Labute approximate surface area is 93.0 Å². The van der Waals surface area contributed by atoms with Crippen LogP contribution < -0.4 is 10.6 Å². The fraction of sp³-hybridized carbons (Fsp3) is 0.917. The SMILES string of the molecule is CNCCCC(=O)NC1C(C)(C)C1(C)C. The maximum absolute atomic E-state index is 11.6. The monoisotopic (exact) mass is 212 g/mol. The van der Waals surface area contributed by atoms with Crippen LogP contribution in [-0.4, -0.2) is 25.5 Å². The molecule has 0 heterocycles. The molecule has 1 amide bonds. The fourth-order valence-electron chi connectivity index (χ4n) is 2.22. The minimum Gasteiger partial charge on any atom is -0.352 e. The van der Waals surface area contributed by atoms with Crippen molar-refractivity contribution in [2.24, 2.45) is 10.8 Å². The molecule has 1 aliphatic carbocycles. The summed E-state index contributed by atoms with van der Waals surface area (Å²) in [6, 6.07) is 0.340. The van der Waals surface area contributed by atoms with Gasteiger partial charge in [-0.3, -0.25) is 4.79 Å². The van der Waals surface area contributed by atoms with Crippen molar-refractivity contribution >= 4 is 5.91 Å². The Morgan fingerprint density at radius 1 is 1.20 bits per heavy atom. The van der Waals surface area contributed by atoms with Crippen LogP contribution in [0.3, 0.4) is 0 Å². The zero-order valence-electron chi connectivity index (χ0n) is 10.6. The Bertz CT molecular complexity index is 232. The molecule has 2 N–H and O–H groups in total. The Morgan fingerprint density at radius 3 is 2.13 bits per heavy atom. The van der Waals surface area contributed by atoms with Crippen molar-refractivity contribution in [3.05, 3.63) is 0 Å². The van der Waals surface area contributed by atoms with E-state index >= 15 is 0 Å². The lowest BCUT2D eigenvalue weighted by Crippen LogP contribution is -2.30. The largest absolute Gasteiger partial charge is 0.352 e. The minimum atomic E-state index is 0.189. The molecule has 1 rings (SSSR count). The summed E-state index contributed by atoms with van der Waals surface area (Å²) in [6.07, 6.45) is 1.54. The second-order valence-corrected chi connectivity index (χ2v) is 5.65. The van der Waals surface area contributed by atoms with Gasteiger partial charge in [0.15, 0.2) is 0 Å². The minimum absolute atomic E-state index is 0.189. The molecule has 1 saturated carbocycles. The first-order valence-electron chi connectivity index (χ1n) is 5.78. The van der Waals surface area contributed by atoms with E-state index in [1.54, 1.807) is 0 Å². The summed E-state index contributed by atoms with van der Waals surface area (Å²) in [5.74, 6) is 0.189. The van der Waals surface area contributed by atoms with Gasteiger partial charge in [-0.05, 0) is 30.8 Å². The van der Waals surface area contributed by atoms with Crippen molar-refractivity contribution < 1.29 is 4.79 Å². The van der Waals surface area contributed by atoms with Gasteiger partial charge in [0.05, 0.1) is 0 Å². The molecule has 0 aromatic rings. The van der Waals surface area contributed by atoms with E-state index in [4.69, 9.17) is 0 Å². The molecule has 0 aromatic heterocycles. The third-order valence-corrected chi connectivity index (χ3v) is 4.16. The lowest BCUT2D eigenvalue weighted by Gasteiger charge is -2.06. The second kappa shape index (κ2) is 4.12. The standard InChI is InChI=1S/C12H24N2O/c1-11(2)10(12(11,3)4)14-9(15)7-6-8-13-5/h10,13H,6-8H2,1-5H3,(H,14,15). The Kier molecular flexibility index (Phi) is 3.44. The van der Waals surface area contributed by atoms with Crippen molar-refractivity contribution in [1.29, 1.82) is 0 Å². The average Bonchev–Trinajstić information content (AvgIpc) is 2.49. The van der Waals surface area contributed by atoms with Crippen LogP contribution in [0.15, 0.2) is 0 Å². The zero-order chi connectivity index (χ0) is 11.7. The summed E-state index contributed by atoms with van der Waals surface area (Å²) in [4.78, 5) is 11.6. The number of amides is 1. The average molecular weight is 212 g/mol. The Hall–Kier alpha value is -0.570. The maximum Gasteiger partial charge on any atom is 0.220 e. The summed E-state index contributed by atoms with van der Waals surface area (Å²) in [7, 11) is 1.91. The van der Waals surface area contributed by atoms with E-state index in [1.807, 2.05) is 7.05 Å². The van der Waals surface area contributed by atoms with Crippen LogP contribution in [0, 0.1) is 10.8 Å². The molecule has 0 aliphatic heterocycles. The topological polar surface area (TPSA) is 41.1 Å². The molecule has 0 aromatic carbocycles. The summed E-state index contributed by atoms with van der Waals surface area (Å²) in [5.41, 5.74) is 0.483. The first kappa shape index (κ1) is 12.5. The first-order chi connectivity index (χ1) is 6.84. The van der Waals surface area contributed by atoms with Gasteiger partial charge >= 0.3 is 0 Å². The van der Waals surface area contributed by atoms with Crippen molar-refractivity contribution in [2.75, 3.05) is 13.6 Å². The van der Waals surface area contributed by atoms with Crippen molar-refractivity contribution in [1.82, 2.24) is 10.6 Å². The molecule has 0 radical (unpaired) electrons. The summed E-state index contributed by atoms with van der Waals surface area (Å²) in [6.45, 7) is 9.76. The molecule has 1 aliphatic rings. The van der Waals surface area contributed by atoms with Gasteiger partial charge in [0.25, 0.3) is 0 Å². The lowest BCUT2D eigenvalue weighted by molar-refractivity contribution is -0.121. The van der Waals surface area contributed by atoms with E-state index in [2.05, 4.69) is 38.3 Å². The smallest absolute Gasteiger partial charge is 0.220 e. The first-order valence-corrected chi connectivity index (χ1v) is 5.78. The molecular formula is C12H24N2O. The molecule has 0 saturated heterocycles. The van der Waals surface area contributed by atoms with E-state index in [9.17, 15) is 4.79 Å². The van der Waals surface area contributed by atoms with Gasteiger partial charge in [0, 0.05) is 12.5 Å². The van der Waals surface area contributed by atoms with E-state index in [0.29, 0.717) is 12.5 Å². The van der Waals surface area contributed by atoms with Crippen LogP contribution in [0.4, 0.5) is 0 Å². The second-order valence-electron chi connectivity index (χ2n) is 5.65. The zero-order valence-corrected chi connectivity index (χ0v) is 10.6. The van der Waals surface area contributed by atoms with Gasteiger partial charge in [-0.25, -0.2) is 0 Å². The molecule has 1 fully saturated rings. The van der Waals surface area contributed by atoms with Crippen molar-refractivity contribution in [3.8, 4) is 0 Å². The van der Waals surface area contributed by atoms with Crippen LogP contribution in [0.25, 0.3) is 0 Å². The van der Waals surface area contributed by atoms with Gasteiger partial charge in [-0.1, -0.05) is 27.7 Å². The Morgan fingerprint density at radius 2 is 1.73 bits per heavy atom. The number of carbonyl (C=O) groups excluding carboxylic acids is 1. The van der Waals surface area contributed by atoms with Crippen LogP contribution >= 0.6 is 0 Å². The molecular weight excluding hydrogens is 188 g/mol. The van der Waals surface area contributed by atoms with Crippen LogP contribution in [0.5, 0.6) is 0 Å². The maximum atomic E-state index is 11.6. The van der Waals surface area contributed by atoms with E-state index in [0.717, 1.165) is 13.0 Å². The highest BCUT2D eigenvalue weighted by Gasteiger charge is 2.65.